The van der Waals surface area contributed by atoms with Gasteiger partial charge in [0.2, 0.25) is 0 Å². The van der Waals surface area contributed by atoms with E-state index in [1.54, 1.807) is 0 Å². The Balaban J connectivity index is 2.08. The number of benzene rings is 2. The molecule has 3 aromatic rings. The second-order valence-electron chi connectivity index (χ2n) is 5.74. The number of nitrogens with one attached hydrogen (secondary N) is 1. The number of rotatable bonds is 2. The van der Waals surface area contributed by atoms with Gasteiger partial charge in [-0.3, -0.25) is 0 Å². The van der Waals surface area contributed by atoms with Crippen molar-refractivity contribution in [3.8, 4) is 0 Å². The topological polar surface area (TPSA) is 42.1 Å². The summed E-state index contributed by atoms with van der Waals surface area (Å²) in [4.78, 5) is 15.6. The van der Waals surface area contributed by atoms with Crippen molar-refractivity contribution < 1.29 is 9.53 Å². The fourth-order valence-corrected chi connectivity index (χ4v) is 3.43. The Morgan fingerprint density at radius 3 is 2.86 bits per heavy atom. The molecular formula is C18H17NO2. The van der Waals surface area contributed by atoms with E-state index < -0.39 is 0 Å². The number of carbonyl (C=O) groups is 1. The van der Waals surface area contributed by atoms with Crippen LogP contribution >= 0.6 is 0 Å². The highest BCUT2D eigenvalue weighted by atomic mass is 16.5. The molecule has 1 unspecified atom stereocenters. The van der Waals surface area contributed by atoms with Gasteiger partial charge in [0.15, 0.2) is 0 Å². The van der Waals surface area contributed by atoms with E-state index in [1.165, 1.54) is 10.8 Å². The van der Waals surface area contributed by atoms with Crippen LogP contribution in [-0.4, -0.2) is 11.0 Å². The summed E-state index contributed by atoms with van der Waals surface area (Å²) in [6.45, 7) is 4.12. The van der Waals surface area contributed by atoms with Gasteiger partial charge in [-0.2, -0.15) is 0 Å². The zero-order valence-corrected chi connectivity index (χ0v) is 12.2. The average molecular weight is 279 g/mol. The number of aromatic nitrogens is 1. The molecule has 0 fully saturated rings. The number of ether oxygens (including phenoxy) is 1. The number of carbonyl (C=O) groups excluding carboxylic acids is 1. The number of fused-ring (bicyclic) bond motifs is 4. The number of aryl methyl sites for hydroxylation is 1. The van der Waals surface area contributed by atoms with Crippen LogP contribution in [0.25, 0.3) is 21.8 Å². The third-order valence-electron chi connectivity index (χ3n) is 4.44. The summed E-state index contributed by atoms with van der Waals surface area (Å²) in [7, 11) is 0. The number of aromatic amines is 1. The molecule has 21 heavy (non-hydrogen) atoms. The first kappa shape index (κ1) is 12.5. The molecule has 2 heterocycles. The summed E-state index contributed by atoms with van der Waals surface area (Å²) in [5.74, 6) is -0.179. The predicted octanol–water partition coefficient (Wildman–Crippen LogP) is 4.64. The Morgan fingerprint density at radius 1 is 1.24 bits per heavy atom. The van der Waals surface area contributed by atoms with E-state index in [0.29, 0.717) is 0 Å². The summed E-state index contributed by atoms with van der Waals surface area (Å²) in [5, 5.41) is 2.38. The molecule has 0 aliphatic carbocycles. The zero-order valence-electron chi connectivity index (χ0n) is 12.2. The van der Waals surface area contributed by atoms with Crippen LogP contribution in [-0.2, 0) is 4.74 Å². The molecule has 1 N–H and O–H groups in total. The Bertz CT molecular complexity index is 876. The highest BCUT2D eigenvalue weighted by molar-refractivity contribution is 6.12. The fraction of sp³-hybridized carbons (Fsp3) is 0.278. The lowest BCUT2D eigenvalue weighted by Gasteiger charge is -2.09. The summed E-state index contributed by atoms with van der Waals surface area (Å²) >= 11 is 0. The molecule has 106 valence electrons. The highest BCUT2D eigenvalue weighted by Gasteiger charge is 2.33. The van der Waals surface area contributed by atoms with E-state index in [2.05, 4.69) is 30.1 Å². The summed E-state index contributed by atoms with van der Waals surface area (Å²) in [5.41, 5.74) is 4.97. The molecule has 2 aromatic carbocycles. The van der Waals surface area contributed by atoms with Gasteiger partial charge in [-0.25, -0.2) is 4.79 Å². The van der Waals surface area contributed by atoms with Gasteiger partial charge < -0.3 is 9.72 Å². The molecule has 0 radical (unpaired) electrons. The van der Waals surface area contributed by atoms with E-state index in [0.717, 1.165) is 40.6 Å². The van der Waals surface area contributed by atoms with Crippen LogP contribution in [0.2, 0.25) is 0 Å². The Labute approximate surface area is 122 Å². The van der Waals surface area contributed by atoms with Crippen LogP contribution in [0.5, 0.6) is 0 Å². The quantitative estimate of drug-likeness (QED) is 0.694. The minimum atomic E-state index is -0.179. The smallest absolute Gasteiger partial charge is 0.339 e. The third-order valence-corrected chi connectivity index (χ3v) is 4.44. The van der Waals surface area contributed by atoms with Crippen molar-refractivity contribution in [3.63, 3.8) is 0 Å². The van der Waals surface area contributed by atoms with Gasteiger partial charge in [-0.15, -0.1) is 0 Å². The number of H-pyrrole nitrogens is 1. The molecule has 3 heteroatoms. The lowest BCUT2D eigenvalue weighted by atomic mass is 9.95. The van der Waals surface area contributed by atoms with Crippen molar-refractivity contribution in [1.82, 2.24) is 4.98 Å². The fourth-order valence-electron chi connectivity index (χ4n) is 3.43. The number of esters is 1. The first-order valence-electron chi connectivity index (χ1n) is 7.45. The molecule has 3 nitrogen and oxygen atoms in total. The summed E-state index contributed by atoms with van der Waals surface area (Å²) in [6.07, 6.45) is 1.79. The predicted molar refractivity (Wildman–Crippen MR) is 83.6 cm³/mol. The Kier molecular flexibility index (Phi) is 2.58. The zero-order chi connectivity index (χ0) is 14.6. The molecule has 0 bridgehead atoms. The van der Waals surface area contributed by atoms with Gasteiger partial charge in [0.1, 0.15) is 6.10 Å². The molecule has 1 aliphatic heterocycles. The van der Waals surface area contributed by atoms with Crippen molar-refractivity contribution in [1.29, 1.82) is 0 Å². The first-order chi connectivity index (χ1) is 10.2. The maximum absolute atomic E-state index is 12.2. The van der Waals surface area contributed by atoms with E-state index in [4.69, 9.17) is 4.74 Å². The standard InChI is InChI=1S/C18H17NO2/c1-3-6-15-13-9-12-11-7-4-5-8-14(11)19-17(12)10(2)16(13)18(20)21-15/h4-5,7-9,15,19H,3,6H2,1-2H3. The maximum atomic E-state index is 12.2. The SMILES string of the molecule is CCCC1OC(=O)c2c1cc1c([nH]c3ccccc31)c2C. The second-order valence-corrected chi connectivity index (χ2v) is 5.74. The van der Waals surface area contributed by atoms with E-state index in [-0.39, 0.29) is 12.1 Å². The van der Waals surface area contributed by atoms with E-state index in [1.807, 2.05) is 19.1 Å². The molecule has 1 aromatic heterocycles. The lowest BCUT2D eigenvalue weighted by Crippen LogP contribution is -1.98. The van der Waals surface area contributed by atoms with Gasteiger partial charge in [0.25, 0.3) is 0 Å². The third kappa shape index (κ3) is 1.63. The molecule has 0 saturated carbocycles. The van der Waals surface area contributed by atoms with E-state index >= 15 is 0 Å². The van der Waals surface area contributed by atoms with Gasteiger partial charge in [-0.05, 0) is 31.0 Å². The molecule has 1 atom stereocenters. The minimum Gasteiger partial charge on any atom is -0.454 e. The molecular weight excluding hydrogens is 262 g/mol. The minimum absolute atomic E-state index is 0.0886. The summed E-state index contributed by atoms with van der Waals surface area (Å²) in [6, 6.07) is 10.4. The number of cyclic esters (lactones) is 1. The highest BCUT2D eigenvalue weighted by Crippen LogP contribution is 2.40. The Morgan fingerprint density at radius 2 is 2.05 bits per heavy atom. The van der Waals surface area contributed by atoms with Crippen molar-refractivity contribution in [2.75, 3.05) is 0 Å². The number of para-hydroxylation sites is 1. The van der Waals surface area contributed by atoms with Gasteiger partial charge >= 0.3 is 5.97 Å². The van der Waals surface area contributed by atoms with Crippen molar-refractivity contribution in [2.24, 2.45) is 0 Å². The molecule has 4 rings (SSSR count). The van der Waals surface area contributed by atoms with Crippen molar-refractivity contribution >= 4 is 27.8 Å². The Hall–Kier alpha value is -2.29. The maximum Gasteiger partial charge on any atom is 0.339 e. The first-order valence-corrected chi connectivity index (χ1v) is 7.45. The second kappa shape index (κ2) is 4.35. The average Bonchev–Trinajstić information content (AvgIpc) is 3.00. The molecule has 0 saturated heterocycles. The molecule has 1 aliphatic rings. The van der Waals surface area contributed by atoms with Gasteiger partial charge in [0, 0.05) is 21.9 Å². The van der Waals surface area contributed by atoms with Crippen LogP contribution < -0.4 is 0 Å². The monoisotopic (exact) mass is 279 g/mol. The van der Waals surface area contributed by atoms with Crippen LogP contribution in [0.1, 0.15) is 47.4 Å². The lowest BCUT2D eigenvalue weighted by molar-refractivity contribution is 0.0367. The van der Waals surface area contributed by atoms with Gasteiger partial charge in [-0.1, -0.05) is 31.5 Å². The van der Waals surface area contributed by atoms with Gasteiger partial charge in [0.05, 0.1) is 11.1 Å². The van der Waals surface area contributed by atoms with Crippen LogP contribution in [0.4, 0.5) is 0 Å². The van der Waals surface area contributed by atoms with E-state index in [9.17, 15) is 4.79 Å². The number of hydrogen-bond acceptors (Lipinski definition) is 2. The number of hydrogen-bond donors (Lipinski definition) is 1. The molecule has 0 amide bonds. The van der Waals surface area contributed by atoms with Crippen LogP contribution in [0, 0.1) is 6.92 Å². The molecule has 0 spiro atoms. The van der Waals surface area contributed by atoms with Crippen LogP contribution in [0.15, 0.2) is 30.3 Å². The summed E-state index contributed by atoms with van der Waals surface area (Å²) < 4.78 is 5.55. The van der Waals surface area contributed by atoms with Crippen molar-refractivity contribution in [3.05, 3.63) is 47.0 Å². The van der Waals surface area contributed by atoms with Crippen molar-refractivity contribution in [2.45, 2.75) is 32.8 Å². The normalized spacial score (nSPS) is 17.4. The largest absolute Gasteiger partial charge is 0.454 e. The van der Waals surface area contributed by atoms with Crippen LogP contribution in [0.3, 0.4) is 0 Å².